The van der Waals surface area contributed by atoms with Crippen LogP contribution in [0.2, 0.25) is 0 Å². The predicted molar refractivity (Wildman–Crippen MR) is 254 cm³/mol. The van der Waals surface area contributed by atoms with E-state index in [-0.39, 0.29) is 0 Å². The second kappa shape index (κ2) is 11.1. The summed E-state index contributed by atoms with van der Waals surface area (Å²) in [6.45, 7) is 0. The summed E-state index contributed by atoms with van der Waals surface area (Å²) in [4.78, 5) is 4.95. The summed E-state index contributed by atoms with van der Waals surface area (Å²) in [7, 11) is -4.44. The van der Waals surface area contributed by atoms with E-state index in [0.717, 1.165) is 112 Å². The Morgan fingerprint density at radius 3 is 1.19 bits per heavy atom. The molecule has 0 fully saturated rings. The molecular weight excluding hydrogens is 797 g/mol. The van der Waals surface area contributed by atoms with Gasteiger partial charge in [0, 0.05) is 75.4 Å². The van der Waals surface area contributed by atoms with Gasteiger partial charge in [0.2, 0.25) is 0 Å². The number of anilines is 6. The van der Waals surface area contributed by atoms with E-state index in [1.807, 2.05) is 0 Å². The molecule has 10 aromatic carbocycles. The number of hydrogen-bond donors (Lipinski definition) is 0. The van der Waals surface area contributed by atoms with Crippen molar-refractivity contribution < 1.29 is 18.9 Å². The standard InChI is InChI=1S/C54H30N2O4Si2/c1-3-15-31(16-4-1)55-37-21-11-23-39-49(37)61-51-43(57-41-25-29-13-7-9-19-33(29)47(59-39)53(41)61)28-36-35(45(51)55)27-44-52-46(36)56(32-17-5-2-6-18-32)38-22-12-24-40-50(38)62(52)54-42(58-44)26-30-14-8-10-20-34(30)48(54)60-40/h1-28,61-62H. The van der Waals surface area contributed by atoms with E-state index in [1.54, 1.807) is 0 Å². The van der Waals surface area contributed by atoms with E-state index >= 15 is 0 Å². The Balaban J connectivity index is 1.09. The Morgan fingerprint density at radius 2 is 0.726 bits per heavy atom. The SMILES string of the molecule is c1ccc(N2c3cccc4c3[SiH]3c5c(cc6ccccc6c5O4)Oc4cc5c6c7c(cc5c2c43)Oc2cc3ccccc3c3c2[SiH]7c2c(cccc2N6c2ccccc2)O3)cc1. The van der Waals surface area contributed by atoms with Crippen molar-refractivity contribution in [2.45, 2.75) is 0 Å². The van der Waals surface area contributed by atoms with Crippen LogP contribution in [0.5, 0.6) is 46.0 Å². The van der Waals surface area contributed by atoms with Gasteiger partial charge >= 0.3 is 0 Å². The fourth-order valence-corrected chi connectivity index (χ4v) is 19.1. The zero-order valence-corrected chi connectivity index (χ0v) is 35.2. The lowest BCUT2D eigenvalue weighted by atomic mass is 10.00. The fourth-order valence-electron chi connectivity index (χ4n) is 11.7. The van der Waals surface area contributed by atoms with Gasteiger partial charge in [0.25, 0.3) is 0 Å². The smallest absolute Gasteiger partial charge is 0.157 e. The van der Waals surface area contributed by atoms with Crippen LogP contribution in [0.4, 0.5) is 34.1 Å². The van der Waals surface area contributed by atoms with Crippen molar-refractivity contribution in [3.8, 4) is 46.0 Å². The number of benzene rings is 10. The molecule has 6 heterocycles. The van der Waals surface area contributed by atoms with Crippen LogP contribution in [0.1, 0.15) is 0 Å². The summed E-state index contributed by atoms with van der Waals surface area (Å²) in [5, 5.41) is 14.3. The van der Waals surface area contributed by atoms with Crippen molar-refractivity contribution in [3.05, 3.63) is 170 Å². The fraction of sp³-hybridized carbons (Fsp3) is 0. The zero-order chi connectivity index (χ0) is 39.9. The average molecular weight is 827 g/mol. The Hall–Kier alpha value is -7.79. The number of hydrogen-bond acceptors (Lipinski definition) is 6. The van der Waals surface area contributed by atoms with Crippen LogP contribution in [0.3, 0.4) is 0 Å². The Kier molecular flexibility index (Phi) is 5.75. The molecular formula is C54H30N2O4Si2. The number of para-hydroxylation sites is 2. The maximum atomic E-state index is 7.35. The van der Waals surface area contributed by atoms with Gasteiger partial charge in [-0.05, 0) is 83.6 Å². The normalized spacial score (nSPS) is 16.8. The minimum absolute atomic E-state index is 0.899. The van der Waals surface area contributed by atoms with Gasteiger partial charge in [-0.2, -0.15) is 0 Å². The van der Waals surface area contributed by atoms with Crippen LogP contribution in [-0.2, 0) is 0 Å². The quantitative estimate of drug-likeness (QED) is 0.162. The molecule has 6 aliphatic rings. The van der Waals surface area contributed by atoms with Gasteiger partial charge in [-0.25, -0.2) is 0 Å². The molecule has 0 bridgehead atoms. The number of nitrogens with zero attached hydrogens (tertiary/aromatic N) is 2. The molecule has 0 N–H and O–H groups in total. The van der Waals surface area contributed by atoms with Crippen LogP contribution in [0, 0.1) is 0 Å². The lowest BCUT2D eigenvalue weighted by Gasteiger charge is -2.46. The highest BCUT2D eigenvalue weighted by atomic mass is 28.3. The van der Waals surface area contributed by atoms with E-state index in [4.69, 9.17) is 18.9 Å². The molecule has 6 aliphatic heterocycles. The Bertz CT molecular complexity index is 3500. The van der Waals surface area contributed by atoms with Gasteiger partial charge in [-0.3, -0.25) is 0 Å². The molecule has 8 heteroatoms. The van der Waals surface area contributed by atoms with Crippen molar-refractivity contribution in [1.82, 2.24) is 0 Å². The number of rotatable bonds is 2. The molecule has 0 saturated heterocycles. The molecule has 288 valence electrons. The summed E-state index contributed by atoms with van der Waals surface area (Å²) in [6, 6.07) is 61.1. The highest BCUT2D eigenvalue weighted by Crippen LogP contribution is 2.55. The highest BCUT2D eigenvalue weighted by molar-refractivity contribution is 7.02. The van der Waals surface area contributed by atoms with E-state index in [0.29, 0.717) is 0 Å². The topological polar surface area (TPSA) is 43.4 Å². The molecule has 10 aromatic rings. The van der Waals surface area contributed by atoms with E-state index < -0.39 is 17.6 Å². The molecule has 0 aromatic heterocycles. The van der Waals surface area contributed by atoms with E-state index in [9.17, 15) is 0 Å². The summed E-state index contributed by atoms with van der Waals surface area (Å²) in [6.07, 6.45) is 0. The van der Waals surface area contributed by atoms with Crippen LogP contribution >= 0.6 is 0 Å². The lowest BCUT2D eigenvalue weighted by molar-refractivity contribution is 0.467. The third-order valence-electron chi connectivity index (χ3n) is 14.0. The lowest BCUT2D eigenvalue weighted by Crippen LogP contribution is -2.62. The molecule has 2 unspecified atom stereocenters. The van der Waals surface area contributed by atoms with E-state index in [2.05, 4.69) is 180 Å². The van der Waals surface area contributed by atoms with Gasteiger partial charge in [0.05, 0.1) is 11.4 Å². The second-order valence-electron chi connectivity index (χ2n) is 17.0. The van der Waals surface area contributed by atoms with Crippen molar-refractivity contribution in [2.75, 3.05) is 9.80 Å². The molecule has 0 spiro atoms. The molecule has 62 heavy (non-hydrogen) atoms. The van der Waals surface area contributed by atoms with Crippen LogP contribution in [-0.4, -0.2) is 17.6 Å². The van der Waals surface area contributed by atoms with Crippen LogP contribution < -0.4 is 59.9 Å². The third-order valence-corrected chi connectivity index (χ3v) is 20.9. The van der Waals surface area contributed by atoms with Gasteiger partial charge in [-0.15, -0.1) is 0 Å². The Morgan fingerprint density at radius 1 is 0.306 bits per heavy atom. The summed E-state index contributed by atoms with van der Waals surface area (Å²) < 4.78 is 28.8. The predicted octanol–water partition coefficient (Wildman–Crippen LogP) is 9.63. The van der Waals surface area contributed by atoms with Crippen molar-refractivity contribution in [3.63, 3.8) is 0 Å². The monoisotopic (exact) mass is 826 g/mol. The minimum Gasteiger partial charge on any atom is -0.457 e. The molecule has 0 radical (unpaired) electrons. The van der Waals surface area contributed by atoms with Crippen molar-refractivity contribution in [2.24, 2.45) is 0 Å². The largest absolute Gasteiger partial charge is 0.457 e. The minimum atomic E-state index is -2.22. The first-order valence-corrected chi connectivity index (χ1v) is 24.7. The summed E-state index contributed by atoms with van der Waals surface area (Å²) in [5.41, 5.74) is 6.80. The molecule has 0 aliphatic carbocycles. The first-order valence-electron chi connectivity index (χ1n) is 21.2. The first-order chi connectivity index (χ1) is 30.8. The van der Waals surface area contributed by atoms with Gasteiger partial charge in [-0.1, -0.05) is 97.1 Å². The van der Waals surface area contributed by atoms with Gasteiger partial charge < -0.3 is 28.7 Å². The van der Waals surface area contributed by atoms with Crippen molar-refractivity contribution in [1.29, 1.82) is 0 Å². The van der Waals surface area contributed by atoms with Crippen molar-refractivity contribution >= 4 is 115 Å². The number of ether oxygens (including phenoxy) is 4. The van der Waals surface area contributed by atoms with Crippen LogP contribution in [0.15, 0.2) is 170 Å². The number of fused-ring (bicyclic) bond motifs is 7. The summed E-state index contributed by atoms with van der Waals surface area (Å²) in [5.74, 6) is 7.37. The van der Waals surface area contributed by atoms with E-state index in [1.165, 1.54) is 31.1 Å². The summed E-state index contributed by atoms with van der Waals surface area (Å²) >= 11 is 0. The van der Waals surface area contributed by atoms with Gasteiger partial charge in [0.1, 0.15) is 46.0 Å². The maximum absolute atomic E-state index is 7.35. The molecule has 2 atom stereocenters. The molecule has 0 amide bonds. The maximum Gasteiger partial charge on any atom is 0.157 e. The second-order valence-corrected chi connectivity index (χ2v) is 22.2. The Labute approximate surface area is 358 Å². The highest BCUT2D eigenvalue weighted by Gasteiger charge is 2.51. The molecule has 6 nitrogen and oxygen atoms in total. The molecule has 16 rings (SSSR count). The first kappa shape index (κ1) is 32.0. The zero-order valence-electron chi connectivity index (χ0n) is 32.8. The molecule has 0 saturated carbocycles. The van der Waals surface area contributed by atoms with Gasteiger partial charge in [0.15, 0.2) is 17.6 Å². The average Bonchev–Trinajstić information content (AvgIpc) is 3.32. The van der Waals surface area contributed by atoms with Crippen LogP contribution in [0.25, 0.3) is 32.3 Å². The third kappa shape index (κ3) is 3.79.